The molecule has 2 nitrogen and oxygen atoms in total. The average Bonchev–Trinajstić information content (AvgIpc) is 2.45. The molecule has 0 aromatic heterocycles. The van der Waals surface area contributed by atoms with Gasteiger partial charge >= 0.3 is 0 Å². The summed E-state index contributed by atoms with van der Waals surface area (Å²) in [5, 5.41) is 0. The maximum Gasteiger partial charge on any atom is 0.129 e. The fourth-order valence-electron chi connectivity index (χ4n) is 2.71. The van der Waals surface area contributed by atoms with E-state index in [-0.39, 0.29) is 11.2 Å². The van der Waals surface area contributed by atoms with Gasteiger partial charge in [0.25, 0.3) is 0 Å². The van der Waals surface area contributed by atoms with Crippen molar-refractivity contribution >= 4 is 5.78 Å². The van der Waals surface area contributed by atoms with Crippen LogP contribution in [0.25, 0.3) is 0 Å². The third-order valence-corrected chi connectivity index (χ3v) is 4.08. The third-order valence-electron chi connectivity index (χ3n) is 4.08. The summed E-state index contributed by atoms with van der Waals surface area (Å²) in [6.45, 7) is 13.4. The van der Waals surface area contributed by atoms with Gasteiger partial charge in [-0.2, -0.15) is 0 Å². The Balaban J connectivity index is 3.08. The lowest BCUT2D eigenvalue weighted by molar-refractivity contribution is -0.117. The Kier molecular flexibility index (Phi) is 7.12. The molecule has 0 aliphatic carbocycles. The Morgan fingerprint density at radius 1 is 1.23 bits per heavy atom. The molecule has 1 atom stereocenters. The second-order valence-electron chi connectivity index (χ2n) is 7.20. The van der Waals surface area contributed by atoms with Crippen LogP contribution in [0.4, 0.5) is 0 Å². The van der Waals surface area contributed by atoms with Gasteiger partial charge in [0.15, 0.2) is 0 Å². The molecule has 124 valence electrons. The van der Waals surface area contributed by atoms with E-state index >= 15 is 0 Å². The van der Waals surface area contributed by atoms with Crippen molar-refractivity contribution in [1.29, 1.82) is 0 Å². The first-order valence-corrected chi connectivity index (χ1v) is 8.56. The SMILES string of the molecule is CCCOc1ccc(C(CC)CCC(C)=O)cc1C(C)(C)C. The van der Waals surface area contributed by atoms with Gasteiger partial charge in [-0.3, -0.25) is 0 Å². The Bertz CT molecular complexity index is 483. The number of carbonyl (C=O) groups is 1. The van der Waals surface area contributed by atoms with Gasteiger partial charge in [0, 0.05) is 6.42 Å². The summed E-state index contributed by atoms with van der Waals surface area (Å²) in [7, 11) is 0. The summed E-state index contributed by atoms with van der Waals surface area (Å²) in [5.41, 5.74) is 2.65. The quantitative estimate of drug-likeness (QED) is 0.621. The third kappa shape index (κ3) is 5.47. The van der Waals surface area contributed by atoms with Crippen LogP contribution in [0.1, 0.15) is 84.3 Å². The molecule has 0 radical (unpaired) electrons. The molecule has 1 unspecified atom stereocenters. The Labute approximate surface area is 136 Å². The molecule has 1 rings (SSSR count). The smallest absolute Gasteiger partial charge is 0.129 e. The zero-order chi connectivity index (χ0) is 16.8. The Hall–Kier alpha value is -1.31. The lowest BCUT2D eigenvalue weighted by atomic mass is 9.82. The van der Waals surface area contributed by atoms with Crippen molar-refractivity contribution in [1.82, 2.24) is 0 Å². The number of benzene rings is 1. The minimum Gasteiger partial charge on any atom is -0.493 e. The predicted molar refractivity (Wildman–Crippen MR) is 93.9 cm³/mol. The first-order chi connectivity index (χ1) is 10.3. The molecule has 0 fully saturated rings. The van der Waals surface area contributed by atoms with Crippen molar-refractivity contribution in [3.63, 3.8) is 0 Å². The van der Waals surface area contributed by atoms with Crippen LogP contribution in [0.2, 0.25) is 0 Å². The molecule has 0 aliphatic rings. The van der Waals surface area contributed by atoms with Crippen LogP contribution in [-0.4, -0.2) is 12.4 Å². The van der Waals surface area contributed by atoms with E-state index in [0.29, 0.717) is 12.3 Å². The van der Waals surface area contributed by atoms with Gasteiger partial charge in [-0.05, 0) is 54.7 Å². The van der Waals surface area contributed by atoms with Crippen molar-refractivity contribution in [2.24, 2.45) is 0 Å². The lowest BCUT2D eigenvalue weighted by Gasteiger charge is -2.25. The van der Waals surface area contributed by atoms with E-state index in [4.69, 9.17) is 4.74 Å². The van der Waals surface area contributed by atoms with E-state index in [0.717, 1.165) is 31.6 Å². The van der Waals surface area contributed by atoms with Crippen LogP contribution in [0, 0.1) is 0 Å². The molecule has 1 aromatic rings. The van der Waals surface area contributed by atoms with Crippen LogP contribution in [0.15, 0.2) is 18.2 Å². The number of hydrogen-bond acceptors (Lipinski definition) is 2. The summed E-state index contributed by atoms with van der Waals surface area (Å²) in [6.07, 6.45) is 3.68. The summed E-state index contributed by atoms with van der Waals surface area (Å²) in [5.74, 6) is 1.72. The zero-order valence-electron chi connectivity index (χ0n) is 15.2. The van der Waals surface area contributed by atoms with E-state index in [1.807, 2.05) is 0 Å². The summed E-state index contributed by atoms with van der Waals surface area (Å²) < 4.78 is 5.93. The summed E-state index contributed by atoms with van der Waals surface area (Å²) in [6, 6.07) is 6.58. The molecule has 0 amide bonds. The largest absolute Gasteiger partial charge is 0.493 e. The molecule has 0 bridgehead atoms. The van der Waals surface area contributed by atoms with Crippen LogP contribution in [0.3, 0.4) is 0 Å². The highest BCUT2D eigenvalue weighted by Gasteiger charge is 2.21. The maximum atomic E-state index is 11.3. The topological polar surface area (TPSA) is 26.3 Å². The fraction of sp³-hybridized carbons (Fsp3) is 0.650. The minimum atomic E-state index is 0.0535. The molecule has 0 saturated carbocycles. The van der Waals surface area contributed by atoms with Gasteiger partial charge < -0.3 is 9.53 Å². The lowest BCUT2D eigenvalue weighted by Crippen LogP contribution is -2.15. The second kappa shape index (κ2) is 8.36. The Morgan fingerprint density at radius 2 is 1.91 bits per heavy atom. The van der Waals surface area contributed by atoms with E-state index in [1.165, 1.54) is 11.1 Å². The van der Waals surface area contributed by atoms with Crippen molar-refractivity contribution in [2.75, 3.05) is 6.61 Å². The molecular formula is C20H32O2. The average molecular weight is 304 g/mol. The predicted octanol–water partition coefficient (Wildman–Crippen LogP) is 5.64. The van der Waals surface area contributed by atoms with E-state index in [1.54, 1.807) is 6.92 Å². The fourth-order valence-corrected chi connectivity index (χ4v) is 2.71. The number of ether oxygens (including phenoxy) is 1. The van der Waals surface area contributed by atoms with Crippen LogP contribution < -0.4 is 4.74 Å². The second-order valence-corrected chi connectivity index (χ2v) is 7.20. The van der Waals surface area contributed by atoms with Crippen LogP contribution in [-0.2, 0) is 10.2 Å². The maximum absolute atomic E-state index is 11.3. The standard InChI is InChI=1S/C20H32O2/c1-7-13-22-19-12-11-17(14-18(19)20(4,5)6)16(8-2)10-9-15(3)21/h11-12,14,16H,7-10,13H2,1-6H3. The van der Waals surface area contributed by atoms with Crippen molar-refractivity contribution in [3.05, 3.63) is 29.3 Å². The van der Waals surface area contributed by atoms with Gasteiger partial charge in [0.05, 0.1) is 6.61 Å². The number of rotatable bonds is 8. The number of carbonyl (C=O) groups excluding carboxylic acids is 1. The number of hydrogen-bond donors (Lipinski definition) is 0. The number of Topliss-reactive ketones (excluding diaryl/α,β-unsaturated/α-hetero) is 1. The first-order valence-electron chi connectivity index (χ1n) is 8.56. The molecule has 1 aromatic carbocycles. The zero-order valence-corrected chi connectivity index (χ0v) is 15.2. The van der Waals surface area contributed by atoms with Crippen molar-refractivity contribution in [2.45, 2.75) is 78.6 Å². The minimum absolute atomic E-state index is 0.0535. The highest BCUT2D eigenvalue weighted by molar-refractivity contribution is 5.75. The molecule has 2 heteroatoms. The first kappa shape index (κ1) is 18.7. The van der Waals surface area contributed by atoms with Gasteiger partial charge in [-0.1, -0.05) is 46.8 Å². The van der Waals surface area contributed by atoms with Crippen molar-refractivity contribution < 1.29 is 9.53 Å². The molecule has 0 heterocycles. The van der Waals surface area contributed by atoms with E-state index in [9.17, 15) is 4.79 Å². The van der Waals surface area contributed by atoms with Crippen LogP contribution >= 0.6 is 0 Å². The normalized spacial score (nSPS) is 13.0. The summed E-state index contributed by atoms with van der Waals surface area (Å²) in [4.78, 5) is 11.3. The summed E-state index contributed by atoms with van der Waals surface area (Å²) >= 11 is 0. The van der Waals surface area contributed by atoms with Crippen LogP contribution in [0.5, 0.6) is 5.75 Å². The molecule has 22 heavy (non-hydrogen) atoms. The molecule has 0 saturated heterocycles. The highest BCUT2D eigenvalue weighted by atomic mass is 16.5. The van der Waals surface area contributed by atoms with E-state index in [2.05, 4.69) is 52.8 Å². The Morgan fingerprint density at radius 3 is 2.41 bits per heavy atom. The number of ketones is 1. The van der Waals surface area contributed by atoms with Gasteiger partial charge in [-0.25, -0.2) is 0 Å². The molecular weight excluding hydrogens is 272 g/mol. The van der Waals surface area contributed by atoms with E-state index < -0.39 is 0 Å². The van der Waals surface area contributed by atoms with Crippen molar-refractivity contribution in [3.8, 4) is 5.75 Å². The molecule has 0 N–H and O–H groups in total. The van der Waals surface area contributed by atoms with Gasteiger partial charge in [0.2, 0.25) is 0 Å². The van der Waals surface area contributed by atoms with Gasteiger partial charge in [-0.15, -0.1) is 0 Å². The van der Waals surface area contributed by atoms with Gasteiger partial charge in [0.1, 0.15) is 11.5 Å². The molecule has 0 spiro atoms. The highest BCUT2D eigenvalue weighted by Crippen LogP contribution is 2.36. The molecule has 0 aliphatic heterocycles. The monoisotopic (exact) mass is 304 g/mol.